The molecule has 0 heterocycles. The zero-order valence-electron chi connectivity index (χ0n) is 14.3. The van der Waals surface area contributed by atoms with Crippen LogP contribution in [0.5, 0.6) is 0 Å². The minimum Gasteiger partial charge on any atom is -0.394 e. The maximum absolute atomic E-state index is 8.26. The lowest BCUT2D eigenvalue weighted by Crippen LogP contribution is -2.19. The smallest absolute Gasteiger partial charge is 0.0701 e. The summed E-state index contributed by atoms with van der Waals surface area (Å²) in [7, 11) is 0. The molecular weight excluding hydrogens is 272 g/mol. The van der Waals surface area contributed by atoms with Gasteiger partial charge in [-0.05, 0) is 25.7 Å². The normalized spacial score (nSPS) is 10.9. The van der Waals surface area contributed by atoms with Gasteiger partial charge >= 0.3 is 0 Å². The van der Waals surface area contributed by atoms with Gasteiger partial charge in [-0.2, -0.15) is 0 Å². The van der Waals surface area contributed by atoms with Gasteiger partial charge in [0.15, 0.2) is 0 Å². The highest BCUT2D eigenvalue weighted by molar-refractivity contribution is 4.58. The Bertz CT molecular complexity index is 152. The lowest BCUT2D eigenvalue weighted by atomic mass is 10.2. The van der Waals surface area contributed by atoms with Gasteiger partial charge in [-0.15, -0.1) is 0 Å². The Kier molecular flexibility index (Phi) is 21.8. The SMILES string of the molecule is CCC(CC)OC(CC)CC.OCCOCCOCCO. The molecule has 0 aliphatic rings. The highest BCUT2D eigenvalue weighted by atomic mass is 16.5. The van der Waals surface area contributed by atoms with Crippen LogP contribution in [-0.2, 0) is 14.2 Å². The van der Waals surface area contributed by atoms with Gasteiger partial charge in [0.25, 0.3) is 0 Å². The fourth-order valence-electron chi connectivity index (χ4n) is 1.69. The second-order valence-electron chi connectivity index (χ2n) is 4.69. The molecule has 5 heteroatoms. The Morgan fingerprint density at radius 3 is 1.19 bits per heavy atom. The van der Waals surface area contributed by atoms with Crippen LogP contribution in [0, 0.1) is 0 Å². The van der Waals surface area contributed by atoms with Crippen molar-refractivity contribution in [2.24, 2.45) is 0 Å². The van der Waals surface area contributed by atoms with Gasteiger partial charge in [0.05, 0.1) is 51.8 Å². The van der Waals surface area contributed by atoms with Crippen LogP contribution in [0.4, 0.5) is 0 Å². The van der Waals surface area contributed by atoms with Crippen molar-refractivity contribution in [2.75, 3.05) is 39.6 Å². The highest BCUT2D eigenvalue weighted by Crippen LogP contribution is 2.11. The van der Waals surface area contributed by atoms with Crippen molar-refractivity contribution in [3.63, 3.8) is 0 Å². The zero-order chi connectivity index (χ0) is 16.3. The third-order valence-corrected chi connectivity index (χ3v) is 3.05. The van der Waals surface area contributed by atoms with Crippen LogP contribution in [0.25, 0.3) is 0 Å². The van der Waals surface area contributed by atoms with E-state index < -0.39 is 0 Å². The molecule has 21 heavy (non-hydrogen) atoms. The quantitative estimate of drug-likeness (QED) is 0.511. The minimum absolute atomic E-state index is 0.0417. The number of aliphatic hydroxyl groups excluding tert-OH is 2. The predicted octanol–water partition coefficient (Wildman–Crippen LogP) is 2.38. The molecule has 0 unspecified atom stereocenters. The summed E-state index contributed by atoms with van der Waals surface area (Å²) in [5.74, 6) is 0. The number of hydrogen-bond acceptors (Lipinski definition) is 5. The van der Waals surface area contributed by atoms with Gasteiger partial charge in [-0.1, -0.05) is 27.7 Å². The van der Waals surface area contributed by atoms with Crippen LogP contribution in [-0.4, -0.2) is 62.1 Å². The molecule has 0 spiro atoms. The summed E-state index contributed by atoms with van der Waals surface area (Å²) in [4.78, 5) is 0. The molecule has 0 saturated carbocycles. The first-order chi connectivity index (χ1) is 10.2. The monoisotopic (exact) mass is 308 g/mol. The summed E-state index contributed by atoms with van der Waals surface area (Å²) >= 11 is 0. The number of aliphatic hydroxyl groups is 2. The summed E-state index contributed by atoms with van der Waals surface area (Å²) in [6.45, 7) is 10.5. The third-order valence-electron chi connectivity index (χ3n) is 3.05. The van der Waals surface area contributed by atoms with E-state index in [9.17, 15) is 0 Å². The van der Waals surface area contributed by atoms with Crippen molar-refractivity contribution in [2.45, 2.75) is 65.6 Å². The van der Waals surface area contributed by atoms with Crippen LogP contribution >= 0.6 is 0 Å². The third kappa shape index (κ3) is 17.7. The first-order valence-corrected chi connectivity index (χ1v) is 8.22. The highest BCUT2D eigenvalue weighted by Gasteiger charge is 2.09. The van der Waals surface area contributed by atoms with Gasteiger partial charge in [0.1, 0.15) is 0 Å². The van der Waals surface area contributed by atoms with E-state index in [0.717, 1.165) is 25.7 Å². The maximum Gasteiger partial charge on any atom is 0.0701 e. The lowest BCUT2D eigenvalue weighted by molar-refractivity contribution is -0.0188. The van der Waals surface area contributed by atoms with E-state index in [-0.39, 0.29) is 13.2 Å². The fourth-order valence-corrected chi connectivity index (χ4v) is 1.69. The van der Waals surface area contributed by atoms with E-state index >= 15 is 0 Å². The minimum atomic E-state index is 0.0417. The Labute approximate surface area is 130 Å². The molecule has 0 atom stereocenters. The molecule has 0 rings (SSSR count). The van der Waals surface area contributed by atoms with Crippen molar-refractivity contribution >= 4 is 0 Å². The first kappa shape index (κ1) is 23.1. The fraction of sp³-hybridized carbons (Fsp3) is 1.00. The van der Waals surface area contributed by atoms with Crippen LogP contribution in [0.1, 0.15) is 53.4 Å². The molecule has 5 nitrogen and oxygen atoms in total. The van der Waals surface area contributed by atoms with Crippen molar-refractivity contribution in [3.8, 4) is 0 Å². The van der Waals surface area contributed by atoms with E-state index in [4.69, 9.17) is 24.4 Å². The van der Waals surface area contributed by atoms with Crippen LogP contribution in [0.15, 0.2) is 0 Å². The van der Waals surface area contributed by atoms with E-state index in [1.54, 1.807) is 0 Å². The Morgan fingerprint density at radius 1 is 0.619 bits per heavy atom. The van der Waals surface area contributed by atoms with E-state index in [1.807, 2.05) is 0 Å². The summed E-state index contributed by atoms with van der Waals surface area (Å²) in [5.41, 5.74) is 0. The Balaban J connectivity index is 0. The molecule has 0 radical (unpaired) electrons. The van der Waals surface area contributed by atoms with Gasteiger partial charge in [0, 0.05) is 0 Å². The standard InChI is InChI=1S/C10H22O.C6H14O4/c1-5-9(6-2)11-10(7-3)8-4;7-1-3-9-5-6-10-4-2-8/h9-10H,5-8H2,1-4H3;7-8H,1-6H2. The van der Waals surface area contributed by atoms with E-state index in [1.165, 1.54) is 0 Å². The largest absolute Gasteiger partial charge is 0.394 e. The number of ether oxygens (including phenoxy) is 3. The molecule has 130 valence electrons. The topological polar surface area (TPSA) is 68.2 Å². The average molecular weight is 308 g/mol. The Hall–Kier alpha value is -0.200. The van der Waals surface area contributed by atoms with Crippen molar-refractivity contribution in [3.05, 3.63) is 0 Å². The van der Waals surface area contributed by atoms with Crippen molar-refractivity contribution in [1.29, 1.82) is 0 Å². The molecule has 0 aromatic carbocycles. The van der Waals surface area contributed by atoms with Crippen molar-refractivity contribution in [1.82, 2.24) is 0 Å². The van der Waals surface area contributed by atoms with Crippen LogP contribution in [0.3, 0.4) is 0 Å². The second kappa shape index (κ2) is 19.8. The molecule has 0 aliphatic heterocycles. The van der Waals surface area contributed by atoms with E-state index in [2.05, 4.69) is 27.7 Å². The van der Waals surface area contributed by atoms with Crippen LogP contribution < -0.4 is 0 Å². The molecule has 0 saturated heterocycles. The Morgan fingerprint density at radius 2 is 0.952 bits per heavy atom. The van der Waals surface area contributed by atoms with Gasteiger partial charge < -0.3 is 24.4 Å². The average Bonchev–Trinajstić information content (AvgIpc) is 2.53. The first-order valence-electron chi connectivity index (χ1n) is 8.22. The summed E-state index contributed by atoms with van der Waals surface area (Å²) < 4.78 is 15.6. The molecule has 0 aromatic heterocycles. The number of rotatable bonds is 13. The molecule has 0 amide bonds. The molecular formula is C16H36O5. The molecule has 0 aromatic rings. The zero-order valence-corrected chi connectivity index (χ0v) is 14.3. The summed E-state index contributed by atoms with van der Waals surface area (Å²) in [5, 5.41) is 16.5. The molecule has 0 bridgehead atoms. The van der Waals surface area contributed by atoms with Gasteiger partial charge in [-0.25, -0.2) is 0 Å². The number of hydrogen-bond donors (Lipinski definition) is 2. The maximum atomic E-state index is 8.26. The lowest BCUT2D eigenvalue weighted by Gasteiger charge is -2.20. The summed E-state index contributed by atoms with van der Waals surface area (Å²) in [6.07, 6.45) is 5.56. The van der Waals surface area contributed by atoms with E-state index in [0.29, 0.717) is 38.6 Å². The van der Waals surface area contributed by atoms with Crippen LogP contribution in [0.2, 0.25) is 0 Å². The predicted molar refractivity (Wildman–Crippen MR) is 85.6 cm³/mol. The van der Waals surface area contributed by atoms with Gasteiger partial charge in [-0.3, -0.25) is 0 Å². The molecule has 2 N–H and O–H groups in total. The summed E-state index contributed by atoms with van der Waals surface area (Å²) in [6, 6.07) is 0. The molecule has 0 fully saturated rings. The van der Waals surface area contributed by atoms with Gasteiger partial charge in [0.2, 0.25) is 0 Å². The second-order valence-corrected chi connectivity index (χ2v) is 4.69. The van der Waals surface area contributed by atoms with Crippen molar-refractivity contribution < 1.29 is 24.4 Å². The molecule has 0 aliphatic carbocycles.